The lowest BCUT2D eigenvalue weighted by molar-refractivity contribution is -0.118. The Kier molecular flexibility index (Phi) is 6.07. The molecular weight excluding hydrogens is 284 g/mol. The lowest BCUT2D eigenvalue weighted by Crippen LogP contribution is -2.28. The fourth-order valence-corrected chi connectivity index (χ4v) is 2.76. The predicted octanol–water partition coefficient (Wildman–Crippen LogP) is 2.08. The predicted molar refractivity (Wildman–Crippen MR) is 88.5 cm³/mol. The third kappa shape index (κ3) is 4.75. The number of hydrogen-bond donors (Lipinski definition) is 3. The second-order valence-electron chi connectivity index (χ2n) is 4.90. The topological polar surface area (TPSA) is 69.8 Å². The zero-order chi connectivity index (χ0) is 15.1. The molecule has 0 bridgehead atoms. The van der Waals surface area contributed by atoms with Crippen LogP contribution >= 0.6 is 11.8 Å². The summed E-state index contributed by atoms with van der Waals surface area (Å²) in [5.74, 6) is 1.46. The molecular formula is C15H22N4OS. The largest absolute Gasteiger partial charge is 0.355 e. The van der Waals surface area contributed by atoms with Gasteiger partial charge in [-0.3, -0.25) is 4.79 Å². The number of rotatable bonds is 8. The second-order valence-corrected chi connectivity index (χ2v) is 6.23. The summed E-state index contributed by atoms with van der Waals surface area (Å²) in [6, 6.07) is 7.96. The third-order valence-corrected chi connectivity index (χ3v) is 4.34. The molecule has 6 heteroatoms. The summed E-state index contributed by atoms with van der Waals surface area (Å²) in [5.41, 5.74) is 2.01. The van der Waals surface area contributed by atoms with Crippen molar-refractivity contribution in [2.24, 2.45) is 0 Å². The minimum atomic E-state index is 0.0825. The van der Waals surface area contributed by atoms with Crippen molar-refractivity contribution in [2.75, 3.05) is 25.9 Å². The first-order chi connectivity index (χ1) is 10.2. The number of nitrogens with zero attached hydrogens (tertiary/aromatic N) is 1. The molecule has 0 spiro atoms. The van der Waals surface area contributed by atoms with Crippen molar-refractivity contribution < 1.29 is 4.79 Å². The molecule has 2 rings (SSSR count). The molecule has 0 aliphatic rings. The smallest absolute Gasteiger partial charge is 0.230 e. The van der Waals surface area contributed by atoms with Crippen molar-refractivity contribution in [1.82, 2.24) is 20.6 Å². The Labute approximate surface area is 129 Å². The summed E-state index contributed by atoms with van der Waals surface area (Å²) in [5, 5.41) is 6.14. The van der Waals surface area contributed by atoms with E-state index in [1.54, 1.807) is 11.8 Å². The van der Waals surface area contributed by atoms with E-state index in [1.165, 1.54) is 0 Å². The van der Waals surface area contributed by atoms with Gasteiger partial charge in [-0.2, -0.15) is 0 Å². The van der Waals surface area contributed by atoms with E-state index in [2.05, 4.69) is 27.5 Å². The minimum Gasteiger partial charge on any atom is -0.355 e. The Morgan fingerprint density at radius 1 is 1.38 bits per heavy atom. The Morgan fingerprint density at radius 2 is 2.19 bits per heavy atom. The lowest BCUT2D eigenvalue weighted by atomic mass is 10.3. The molecule has 0 aliphatic heterocycles. The minimum absolute atomic E-state index is 0.0825. The molecule has 5 nitrogen and oxygen atoms in total. The molecule has 1 atom stereocenters. The van der Waals surface area contributed by atoms with Gasteiger partial charge in [0.25, 0.3) is 0 Å². The van der Waals surface area contributed by atoms with Crippen molar-refractivity contribution in [1.29, 1.82) is 0 Å². The van der Waals surface area contributed by atoms with Crippen LogP contribution in [0, 0.1) is 0 Å². The molecule has 0 fully saturated rings. The molecule has 1 amide bonds. The summed E-state index contributed by atoms with van der Waals surface area (Å²) < 4.78 is 0. The van der Waals surface area contributed by atoms with Gasteiger partial charge in [0, 0.05) is 6.54 Å². The van der Waals surface area contributed by atoms with E-state index in [0.717, 1.165) is 36.4 Å². The summed E-state index contributed by atoms with van der Waals surface area (Å²) >= 11 is 1.60. The molecule has 21 heavy (non-hydrogen) atoms. The molecule has 1 aromatic carbocycles. The number of nitrogens with one attached hydrogen (secondary N) is 3. The van der Waals surface area contributed by atoms with Crippen LogP contribution in [-0.2, 0) is 4.79 Å². The molecule has 1 unspecified atom stereocenters. The van der Waals surface area contributed by atoms with Gasteiger partial charge in [0.15, 0.2) is 0 Å². The number of fused-ring (bicyclic) bond motifs is 1. The van der Waals surface area contributed by atoms with Gasteiger partial charge in [-0.15, -0.1) is 11.8 Å². The van der Waals surface area contributed by atoms with Crippen LogP contribution < -0.4 is 10.6 Å². The maximum Gasteiger partial charge on any atom is 0.230 e. The fraction of sp³-hybridized carbons (Fsp3) is 0.467. The lowest BCUT2D eigenvalue weighted by Gasteiger charge is -2.09. The Morgan fingerprint density at radius 3 is 2.95 bits per heavy atom. The van der Waals surface area contributed by atoms with E-state index in [-0.39, 0.29) is 11.2 Å². The van der Waals surface area contributed by atoms with Gasteiger partial charge in [0.05, 0.1) is 22.0 Å². The van der Waals surface area contributed by atoms with Gasteiger partial charge in [-0.05, 0) is 39.1 Å². The molecule has 0 saturated heterocycles. The first kappa shape index (κ1) is 15.9. The molecule has 3 N–H and O–H groups in total. The van der Waals surface area contributed by atoms with Crippen molar-refractivity contribution in [3.05, 3.63) is 30.1 Å². The summed E-state index contributed by atoms with van der Waals surface area (Å²) in [6.45, 7) is 3.71. The summed E-state index contributed by atoms with van der Waals surface area (Å²) in [7, 11) is 1.91. The van der Waals surface area contributed by atoms with Crippen LogP contribution in [0.2, 0.25) is 0 Å². The number of amides is 1. The van der Waals surface area contributed by atoms with Gasteiger partial charge in [-0.25, -0.2) is 4.98 Å². The molecule has 1 heterocycles. The van der Waals surface area contributed by atoms with Crippen molar-refractivity contribution in [3.63, 3.8) is 0 Å². The normalized spacial score (nSPS) is 12.5. The highest BCUT2D eigenvalue weighted by Crippen LogP contribution is 2.27. The van der Waals surface area contributed by atoms with Crippen LogP contribution in [-0.4, -0.2) is 41.8 Å². The maximum absolute atomic E-state index is 11.7. The molecule has 1 aromatic heterocycles. The quantitative estimate of drug-likeness (QED) is 0.653. The molecule has 0 aliphatic carbocycles. The number of carbonyl (C=O) groups is 1. The van der Waals surface area contributed by atoms with E-state index >= 15 is 0 Å². The van der Waals surface area contributed by atoms with E-state index in [0.29, 0.717) is 5.75 Å². The van der Waals surface area contributed by atoms with Crippen LogP contribution in [0.15, 0.2) is 24.3 Å². The monoisotopic (exact) mass is 306 g/mol. The van der Waals surface area contributed by atoms with Crippen LogP contribution in [0.5, 0.6) is 0 Å². The Balaban J connectivity index is 1.78. The van der Waals surface area contributed by atoms with Crippen LogP contribution in [0.1, 0.15) is 24.4 Å². The molecule has 0 saturated carbocycles. The van der Waals surface area contributed by atoms with Crippen molar-refractivity contribution in [3.8, 4) is 0 Å². The van der Waals surface area contributed by atoms with E-state index < -0.39 is 0 Å². The third-order valence-electron chi connectivity index (χ3n) is 3.18. The zero-order valence-corrected chi connectivity index (χ0v) is 13.3. The van der Waals surface area contributed by atoms with Crippen LogP contribution in [0.4, 0.5) is 0 Å². The average Bonchev–Trinajstić information content (AvgIpc) is 2.93. The Bertz CT molecular complexity index is 551. The first-order valence-corrected chi connectivity index (χ1v) is 8.23. The zero-order valence-electron chi connectivity index (χ0n) is 12.5. The standard InChI is InChI=1S/C15H22N4OS/c1-11(21-10-14(20)17-9-5-8-16-2)15-18-12-6-3-4-7-13(12)19-15/h3-4,6-7,11,16H,5,8-10H2,1-2H3,(H,17,20)(H,18,19). The molecule has 114 valence electrons. The van der Waals surface area contributed by atoms with Gasteiger partial charge in [0.2, 0.25) is 5.91 Å². The summed E-state index contributed by atoms with van der Waals surface area (Å²) in [4.78, 5) is 19.6. The number of hydrogen-bond acceptors (Lipinski definition) is 4. The van der Waals surface area contributed by atoms with E-state index in [1.807, 2.05) is 31.3 Å². The van der Waals surface area contributed by atoms with Gasteiger partial charge in [-0.1, -0.05) is 12.1 Å². The van der Waals surface area contributed by atoms with Gasteiger partial charge < -0.3 is 15.6 Å². The van der Waals surface area contributed by atoms with E-state index in [9.17, 15) is 4.79 Å². The average molecular weight is 306 g/mol. The number of imidazole rings is 1. The second kappa shape index (κ2) is 8.05. The highest BCUT2D eigenvalue weighted by atomic mass is 32.2. The number of para-hydroxylation sites is 2. The first-order valence-electron chi connectivity index (χ1n) is 7.18. The van der Waals surface area contributed by atoms with Crippen LogP contribution in [0.3, 0.4) is 0 Å². The number of thioether (sulfide) groups is 1. The Hall–Kier alpha value is -1.53. The van der Waals surface area contributed by atoms with Gasteiger partial charge in [0.1, 0.15) is 5.82 Å². The number of benzene rings is 1. The number of aromatic amines is 1. The molecule has 2 aromatic rings. The SMILES string of the molecule is CNCCCNC(=O)CSC(C)c1nc2ccccc2[nH]1. The highest BCUT2D eigenvalue weighted by Gasteiger charge is 2.13. The van der Waals surface area contributed by atoms with Gasteiger partial charge >= 0.3 is 0 Å². The number of carbonyl (C=O) groups excluding carboxylic acids is 1. The highest BCUT2D eigenvalue weighted by molar-refractivity contribution is 8.00. The maximum atomic E-state index is 11.7. The number of aromatic nitrogens is 2. The number of H-pyrrole nitrogens is 1. The fourth-order valence-electron chi connectivity index (χ4n) is 1.99. The van der Waals surface area contributed by atoms with Crippen molar-refractivity contribution >= 4 is 28.7 Å². The summed E-state index contributed by atoms with van der Waals surface area (Å²) in [6.07, 6.45) is 0.950. The van der Waals surface area contributed by atoms with Crippen LogP contribution in [0.25, 0.3) is 11.0 Å². The van der Waals surface area contributed by atoms with E-state index in [4.69, 9.17) is 0 Å². The van der Waals surface area contributed by atoms with Crippen molar-refractivity contribution in [2.45, 2.75) is 18.6 Å². The molecule has 0 radical (unpaired) electrons.